The summed E-state index contributed by atoms with van der Waals surface area (Å²) in [5.41, 5.74) is 2.94. The van der Waals surface area contributed by atoms with Crippen molar-refractivity contribution in [3.63, 3.8) is 0 Å². The Morgan fingerprint density at radius 1 is 1.08 bits per heavy atom. The minimum atomic E-state index is -3.35. The molecule has 5 nitrogen and oxygen atoms in total. The molecule has 1 amide bonds. The Morgan fingerprint density at radius 2 is 1.73 bits per heavy atom. The van der Waals surface area contributed by atoms with Crippen LogP contribution in [0.4, 0.5) is 11.4 Å². The van der Waals surface area contributed by atoms with Gasteiger partial charge >= 0.3 is 0 Å². The van der Waals surface area contributed by atoms with E-state index >= 15 is 0 Å². The molecular formula is C19H22N2O3S2. The van der Waals surface area contributed by atoms with Gasteiger partial charge in [0.05, 0.1) is 4.90 Å². The molecule has 2 aromatic rings. The highest BCUT2D eigenvalue weighted by molar-refractivity contribution is 7.99. The van der Waals surface area contributed by atoms with E-state index in [4.69, 9.17) is 0 Å². The number of hydrogen-bond acceptors (Lipinski definition) is 5. The number of nitrogens with zero attached hydrogens (tertiary/aromatic N) is 1. The zero-order valence-electron chi connectivity index (χ0n) is 14.9. The van der Waals surface area contributed by atoms with E-state index in [1.807, 2.05) is 36.0 Å². The second kappa shape index (κ2) is 7.72. The van der Waals surface area contributed by atoms with E-state index in [1.165, 1.54) is 12.1 Å². The summed E-state index contributed by atoms with van der Waals surface area (Å²) in [6, 6.07) is 12.4. The van der Waals surface area contributed by atoms with Crippen LogP contribution < -0.4 is 10.2 Å². The summed E-state index contributed by atoms with van der Waals surface area (Å²) in [7, 11) is -3.35. The number of nitrogens with one attached hydrogen (secondary N) is 1. The Hall–Kier alpha value is -1.99. The molecular weight excluding hydrogens is 368 g/mol. The van der Waals surface area contributed by atoms with Crippen molar-refractivity contribution in [2.75, 3.05) is 41.1 Å². The van der Waals surface area contributed by atoms with E-state index in [0.29, 0.717) is 11.3 Å². The summed E-state index contributed by atoms with van der Waals surface area (Å²) >= 11 is 1.97. The summed E-state index contributed by atoms with van der Waals surface area (Å²) in [6.07, 6.45) is 1.14. The molecule has 1 fully saturated rings. The molecule has 0 atom stereocenters. The van der Waals surface area contributed by atoms with E-state index < -0.39 is 9.84 Å². The predicted molar refractivity (Wildman–Crippen MR) is 108 cm³/mol. The van der Waals surface area contributed by atoms with Gasteiger partial charge in [0.15, 0.2) is 9.84 Å². The maximum atomic E-state index is 12.6. The van der Waals surface area contributed by atoms with Crippen molar-refractivity contribution in [3.8, 4) is 0 Å². The minimum Gasteiger partial charge on any atom is -0.370 e. The molecule has 0 spiro atoms. The van der Waals surface area contributed by atoms with Gasteiger partial charge in [-0.25, -0.2) is 8.42 Å². The lowest BCUT2D eigenvalue weighted by Gasteiger charge is -2.28. The van der Waals surface area contributed by atoms with Crippen molar-refractivity contribution in [2.24, 2.45) is 0 Å². The summed E-state index contributed by atoms with van der Waals surface area (Å²) in [5, 5.41) is 2.85. The molecule has 0 aliphatic carbocycles. The first-order valence-corrected chi connectivity index (χ1v) is 11.4. The van der Waals surface area contributed by atoms with Crippen LogP contribution in [0, 0.1) is 6.92 Å². The number of benzene rings is 2. The SMILES string of the molecule is Cc1ccc(S(C)(=O)=O)cc1C(=O)Nc1ccc(N2CCSCC2)cc1. The number of sulfone groups is 1. The largest absolute Gasteiger partial charge is 0.370 e. The van der Waals surface area contributed by atoms with Crippen molar-refractivity contribution >= 4 is 38.9 Å². The van der Waals surface area contributed by atoms with Crippen molar-refractivity contribution in [3.05, 3.63) is 53.6 Å². The topological polar surface area (TPSA) is 66.5 Å². The maximum absolute atomic E-state index is 12.6. The molecule has 1 N–H and O–H groups in total. The van der Waals surface area contributed by atoms with Crippen LogP contribution in [-0.4, -0.2) is 45.2 Å². The van der Waals surface area contributed by atoms with E-state index in [9.17, 15) is 13.2 Å². The smallest absolute Gasteiger partial charge is 0.255 e. The van der Waals surface area contributed by atoms with Gasteiger partial charge in [-0.2, -0.15) is 11.8 Å². The molecule has 2 aromatic carbocycles. The fourth-order valence-electron chi connectivity index (χ4n) is 2.85. The standard InChI is InChI=1S/C19H22N2O3S2/c1-14-3-8-17(26(2,23)24)13-18(14)19(22)20-15-4-6-16(7-5-15)21-9-11-25-12-10-21/h3-8,13H,9-12H2,1-2H3,(H,20,22). The molecule has 3 rings (SSSR count). The van der Waals surface area contributed by atoms with Gasteiger partial charge in [-0.05, 0) is 48.9 Å². The molecule has 0 aromatic heterocycles. The summed E-state index contributed by atoms with van der Waals surface area (Å²) in [5.74, 6) is 1.96. The zero-order valence-corrected chi connectivity index (χ0v) is 16.5. The Labute approximate surface area is 158 Å². The normalized spacial score (nSPS) is 14.9. The maximum Gasteiger partial charge on any atom is 0.255 e. The predicted octanol–water partition coefficient (Wildman–Crippen LogP) is 3.20. The van der Waals surface area contributed by atoms with Crippen molar-refractivity contribution in [2.45, 2.75) is 11.8 Å². The van der Waals surface area contributed by atoms with E-state index in [0.717, 1.165) is 42.1 Å². The van der Waals surface area contributed by atoms with Crippen LogP contribution in [-0.2, 0) is 9.84 Å². The number of hydrogen-bond donors (Lipinski definition) is 1. The van der Waals surface area contributed by atoms with E-state index in [-0.39, 0.29) is 10.8 Å². The third kappa shape index (κ3) is 4.40. The third-order valence-electron chi connectivity index (χ3n) is 4.38. The quantitative estimate of drug-likeness (QED) is 0.868. The molecule has 138 valence electrons. The lowest BCUT2D eigenvalue weighted by Crippen LogP contribution is -2.32. The van der Waals surface area contributed by atoms with Gasteiger partial charge in [-0.3, -0.25) is 4.79 Å². The number of anilines is 2. The molecule has 0 radical (unpaired) electrons. The Morgan fingerprint density at radius 3 is 2.35 bits per heavy atom. The fourth-order valence-corrected chi connectivity index (χ4v) is 4.40. The van der Waals surface area contributed by atoms with Gasteiger partial charge in [0.2, 0.25) is 0 Å². The molecule has 1 aliphatic heterocycles. The van der Waals surface area contributed by atoms with E-state index in [1.54, 1.807) is 13.0 Å². The average Bonchev–Trinajstić information content (AvgIpc) is 2.62. The number of carbonyl (C=O) groups is 1. The fraction of sp³-hybridized carbons (Fsp3) is 0.316. The Kier molecular flexibility index (Phi) is 5.58. The van der Waals surface area contributed by atoms with Gasteiger partial charge in [-0.15, -0.1) is 0 Å². The number of aryl methyl sites for hydroxylation is 1. The Bertz CT molecular complexity index is 903. The second-order valence-electron chi connectivity index (χ2n) is 6.35. The molecule has 1 saturated heterocycles. The van der Waals surface area contributed by atoms with Gasteiger partial charge in [0.1, 0.15) is 0 Å². The minimum absolute atomic E-state index is 0.145. The first-order chi connectivity index (χ1) is 12.3. The highest BCUT2D eigenvalue weighted by atomic mass is 32.2. The molecule has 0 saturated carbocycles. The highest BCUT2D eigenvalue weighted by Crippen LogP contribution is 2.22. The van der Waals surface area contributed by atoms with Crippen molar-refractivity contribution in [1.29, 1.82) is 0 Å². The Balaban J connectivity index is 1.75. The van der Waals surface area contributed by atoms with Crippen LogP contribution in [0.15, 0.2) is 47.4 Å². The molecule has 1 aliphatic rings. The van der Waals surface area contributed by atoms with Crippen molar-refractivity contribution in [1.82, 2.24) is 0 Å². The van der Waals surface area contributed by atoms with Crippen LogP contribution in [0.2, 0.25) is 0 Å². The average molecular weight is 391 g/mol. The second-order valence-corrected chi connectivity index (χ2v) is 9.59. The number of thioether (sulfide) groups is 1. The molecule has 7 heteroatoms. The van der Waals surface area contributed by atoms with Crippen LogP contribution in [0.1, 0.15) is 15.9 Å². The third-order valence-corrected chi connectivity index (χ3v) is 6.44. The molecule has 0 unspecified atom stereocenters. The summed E-state index contributed by atoms with van der Waals surface area (Å²) < 4.78 is 23.5. The van der Waals surface area contributed by atoms with E-state index in [2.05, 4.69) is 10.2 Å². The van der Waals surface area contributed by atoms with Crippen LogP contribution in [0.3, 0.4) is 0 Å². The van der Waals surface area contributed by atoms with Gasteiger partial charge < -0.3 is 10.2 Å². The lowest BCUT2D eigenvalue weighted by atomic mass is 10.1. The van der Waals surface area contributed by atoms with Crippen LogP contribution >= 0.6 is 11.8 Å². The zero-order chi connectivity index (χ0) is 18.7. The van der Waals surface area contributed by atoms with Crippen molar-refractivity contribution < 1.29 is 13.2 Å². The first kappa shape index (κ1) is 18.8. The van der Waals surface area contributed by atoms with Crippen LogP contribution in [0.25, 0.3) is 0 Å². The van der Waals surface area contributed by atoms with Gasteiger partial charge in [0.25, 0.3) is 5.91 Å². The summed E-state index contributed by atoms with van der Waals surface area (Å²) in [6.45, 7) is 3.86. The molecule has 26 heavy (non-hydrogen) atoms. The number of amides is 1. The molecule has 0 bridgehead atoms. The van der Waals surface area contributed by atoms with Gasteiger partial charge in [0, 0.05) is 47.8 Å². The highest BCUT2D eigenvalue weighted by Gasteiger charge is 2.15. The monoisotopic (exact) mass is 390 g/mol. The lowest BCUT2D eigenvalue weighted by molar-refractivity contribution is 0.102. The number of rotatable bonds is 4. The van der Waals surface area contributed by atoms with Gasteiger partial charge in [-0.1, -0.05) is 6.07 Å². The number of carbonyl (C=O) groups excluding carboxylic acids is 1. The molecule has 1 heterocycles. The summed E-state index contributed by atoms with van der Waals surface area (Å²) in [4.78, 5) is 15.1. The van der Waals surface area contributed by atoms with Crippen LogP contribution in [0.5, 0.6) is 0 Å². The first-order valence-electron chi connectivity index (χ1n) is 8.39.